The highest BCUT2D eigenvalue weighted by molar-refractivity contribution is 5.88. The number of rotatable bonds is 6. The molecule has 0 saturated carbocycles. The number of aliphatic carboxylic acids is 1. The topological polar surface area (TPSA) is 70.5 Å². The van der Waals surface area contributed by atoms with E-state index in [1.54, 1.807) is 6.20 Å². The van der Waals surface area contributed by atoms with Gasteiger partial charge in [-0.1, -0.05) is 38.1 Å². The zero-order valence-electron chi connectivity index (χ0n) is 12.8. The lowest BCUT2D eigenvalue weighted by Gasteiger charge is -2.23. The summed E-state index contributed by atoms with van der Waals surface area (Å²) in [5.41, 5.74) is 1.61. The van der Waals surface area contributed by atoms with Crippen LogP contribution >= 0.6 is 0 Å². The Labute approximate surface area is 129 Å². The number of benzene rings is 1. The Morgan fingerprint density at radius 1 is 1.23 bits per heavy atom. The number of pyridine rings is 1. The van der Waals surface area contributed by atoms with Crippen molar-refractivity contribution in [1.29, 1.82) is 0 Å². The lowest BCUT2D eigenvalue weighted by atomic mass is 10.1. The molecule has 0 unspecified atom stereocenters. The third kappa shape index (κ3) is 4.04. The number of hydrogen-bond donors (Lipinski definition) is 1. The van der Waals surface area contributed by atoms with Gasteiger partial charge in [0.25, 0.3) is 0 Å². The minimum absolute atomic E-state index is 0.161. The highest BCUT2D eigenvalue weighted by Crippen LogP contribution is 2.17. The minimum atomic E-state index is -0.995. The summed E-state index contributed by atoms with van der Waals surface area (Å²) in [6.07, 6.45) is 1.85. The van der Waals surface area contributed by atoms with Crippen LogP contribution in [0.15, 0.2) is 36.5 Å². The van der Waals surface area contributed by atoms with Crippen LogP contribution in [-0.4, -0.2) is 40.0 Å². The summed E-state index contributed by atoms with van der Waals surface area (Å²) in [4.78, 5) is 29.1. The van der Waals surface area contributed by atoms with Crippen molar-refractivity contribution in [2.75, 3.05) is 13.1 Å². The van der Waals surface area contributed by atoms with Crippen molar-refractivity contribution >= 4 is 22.8 Å². The average molecular weight is 300 g/mol. The second kappa shape index (κ2) is 7.02. The molecule has 1 aromatic carbocycles. The number of hydrogen-bond acceptors (Lipinski definition) is 3. The largest absolute Gasteiger partial charge is 0.480 e. The van der Waals surface area contributed by atoms with Crippen LogP contribution in [0.1, 0.15) is 19.4 Å². The first-order chi connectivity index (χ1) is 10.5. The van der Waals surface area contributed by atoms with E-state index in [1.165, 1.54) is 4.90 Å². The van der Waals surface area contributed by atoms with Crippen LogP contribution < -0.4 is 0 Å². The molecule has 0 radical (unpaired) electrons. The van der Waals surface area contributed by atoms with Crippen LogP contribution in [0.2, 0.25) is 0 Å². The highest BCUT2D eigenvalue weighted by Gasteiger charge is 2.19. The zero-order chi connectivity index (χ0) is 16.1. The van der Waals surface area contributed by atoms with E-state index in [9.17, 15) is 9.59 Å². The summed E-state index contributed by atoms with van der Waals surface area (Å²) in [5.74, 6) is -0.965. The predicted molar refractivity (Wildman–Crippen MR) is 84.5 cm³/mol. The summed E-state index contributed by atoms with van der Waals surface area (Å²) >= 11 is 0. The van der Waals surface area contributed by atoms with Gasteiger partial charge in [0.15, 0.2) is 0 Å². The van der Waals surface area contributed by atoms with Gasteiger partial charge in [-0.2, -0.15) is 0 Å². The molecule has 5 heteroatoms. The fraction of sp³-hybridized carbons (Fsp3) is 0.353. The molecule has 0 fully saturated rings. The smallest absolute Gasteiger partial charge is 0.323 e. The normalized spacial score (nSPS) is 10.9. The first-order valence-corrected chi connectivity index (χ1v) is 7.29. The van der Waals surface area contributed by atoms with Gasteiger partial charge in [-0.25, -0.2) is 0 Å². The Hall–Kier alpha value is -2.43. The predicted octanol–water partition coefficient (Wildman–Crippen LogP) is 2.35. The van der Waals surface area contributed by atoms with Gasteiger partial charge in [0.05, 0.1) is 11.9 Å². The van der Waals surface area contributed by atoms with E-state index < -0.39 is 5.97 Å². The molecule has 22 heavy (non-hydrogen) atoms. The van der Waals surface area contributed by atoms with Crippen LogP contribution in [0.25, 0.3) is 10.9 Å². The van der Waals surface area contributed by atoms with Gasteiger partial charge in [-0.15, -0.1) is 0 Å². The molecule has 5 nitrogen and oxygen atoms in total. The minimum Gasteiger partial charge on any atom is -0.480 e. The number of carbonyl (C=O) groups is 2. The quantitative estimate of drug-likeness (QED) is 0.889. The van der Waals surface area contributed by atoms with E-state index in [4.69, 9.17) is 5.11 Å². The first kappa shape index (κ1) is 15.9. The molecule has 0 aliphatic heterocycles. The molecular weight excluding hydrogens is 280 g/mol. The summed E-state index contributed by atoms with van der Waals surface area (Å²) in [6.45, 7) is 4.09. The van der Waals surface area contributed by atoms with Crippen LogP contribution in [-0.2, 0) is 16.0 Å². The molecule has 1 N–H and O–H groups in total. The Kier molecular flexibility index (Phi) is 5.09. The summed E-state index contributed by atoms with van der Waals surface area (Å²) in [7, 11) is 0. The third-order valence-corrected chi connectivity index (χ3v) is 3.32. The number of fused-ring (bicyclic) bond motifs is 1. The van der Waals surface area contributed by atoms with Crippen molar-refractivity contribution in [3.05, 3.63) is 42.1 Å². The molecule has 1 amide bonds. The molecule has 0 saturated heterocycles. The molecule has 1 aromatic heterocycles. The van der Waals surface area contributed by atoms with E-state index in [0.717, 1.165) is 16.5 Å². The van der Waals surface area contributed by atoms with E-state index in [2.05, 4.69) is 4.98 Å². The molecule has 0 bridgehead atoms. The maximum atomic E-state index is 12.5. The molecular formula is C17H20N2O3. The standard InChI is InChI=1S/C17H20N2O3/c1-12(2)10-19(11-16(21)22)15(20)9-14-6-3-5-13-7-4-8-18-17(13)14/h3-8,12H,9-11H2,1-2H3,(H,21,22). The van der Waals surface area contributed by atoms with Crippen molar-refractivity contribution in [1.82, 2.24) is 9.88 Å². The van der Waals surface area contributed by atoms with E-state index in [-0.39, 0.29) is 24.8 Å². The molecule has 0 aliphatic rings. The van der Waals surface area contributed by atoms with E-state index in [0.29, 0.717) is 6.54 Å². The lowest BCUT2D eigenvalue weighted by molar-refractivity contribution is -0.144. The Morgan fingerprint density at radius 2 is 1.95 bits per heavy atom. The van der Waals surface area contributed by atoms with Crippen LogP contribution in [0.3, 0.4) is 0 Å². The molecule has 0 spiro atoms. The fourth-order valence-corrected chi connectivity index (χ4v) is 2.44. The molecule has 2 aromatic rings. The fourth-order valence-electron chi connectivity index (χ4n) is 2.44. The highest BCUT2D eigenvalue weighted by atomic mass is 16.4. The summed E-state index contributed by atoms with van der Waals surface area (Å²) < 4.78 is 0. The monoisotopic (exact) mass is 300 g/mol. The van der Waals surface area contributed by atoms with Gasteiger partial charge in [0, 0.05) is 18.1 Å². The number of carboxylic acids is 1. The lowest BCUT2D eigenvalue weighted by Crippen LogP contribution is -2.39. The first-order valence-electron chi connectivity index (χ1n) is 7.29. The number of carbonyl (C=O) groups excluding carboxylic acids is 1. The number of carboxylic acid groups (broad SMARTS) is 1. The average Bonchev–Trinajstić information content (AvgIpc) is 2.46. The Balaban J connectivity index is 2.22. The Bertz CT molecular complexity index is 677. The van der Waals surface area contributed by atoms with Gasteiger partial charge >= 0.3 is 5.97 Å². The van der Waals surface area contributed by atoms with Gasteiger partial charge in [0.1, 0.15) is 6.54 Å². The van der Waals surface area contributed by atoms with Gasteiger partial charge in [0.2, 0.25) is 5.91 Å². The van der Waals surface area contributed by atoms with Crippen LogP contribution in [0.5, 0.6) is 0 Å². The van der Waals surface area contributed by atoms with E-state index >= 15 is 0 Å². The number of nitrogens with zero attached hydrogens (tertiary/aromatic N) is 2. The summed E-state index contributed by atoms with van der Waals surface area (Å²) in [5, 5.41) is 9.95. The third-order valence-electron chi connectivity index (χ3n) is 3.32. The van der Waals surface area contributed by atoms with Crippen molar-refractivity contribution in [2.45, 2.75) is 20.3 Å². The van der Waals surface area contributed by atoms with Crippen LogP contribution in [0, 0.1) is 5.92 Å². The van der Waals surface area contributed by atoms with Crippen molar-refractivity contribution < 1.29 is 14.7 Å². The number of amides is 1. The van der Waals surface area contributed by atoms with Gasteiger partial charge in [-0.3, -0.25) is 14.6 Å². The SMILES string of the molecule is CC(C)CN(CC(=O)O)C(=O)Cc1cccc2cccnc12. The maximum absolute atomic E-state index is 12.5. The second-order valence-corrected chi connectivity index (χ2v) is 5.73. The number of aromatic nitrogens is 1. The molecule has 0 aliphatic carbocycles. The number of para-hydroxylation sites is 1. The van der Waals surface area contributed by atoms with Gasteiger partial charge < -0.3 is 10.0 Å². The molecule has 116 valence electrons. The van der Waals surface area contributed by atoms with Crippen molar-refractivity contribution in [3.63, 3.8) is 0 Å². The summed E-state index contributed by atoms with van der Waals surface area (Å²) in [6, 6.07) is 9.49. The van der Waals surface area contributed by atoms with Crippen molar-refractivity contribution in [3.8, 4) is 0 Å². The van der Waals surface area contributed by atoms with E-state index in [1.807, 2.05) is 44.2 Å². The maximum Gasteiger partial charge on any atom is 0.323 e. The van der Waals surface area contributed by atoms with Crippen LogP contribution in [0.4, 0.5) is 0 Å². The van der Waals surface area contributed by atoms with Crippen molar-refractivity contribution in [2.24, 2.45) is 5.92 Å². The Morgan fingerprint density at radius 3 is 2.64 bits per heavy atom. The zero-order valence-corrected chi connectivity index (χ0v) is 12.8. The molecule has 2 rings (SSSR count). The van der Waals surface area contributed by atoms with Gasteiger partial charge in [-0.05, 0) is 17.5 Å². The second-order valence-electron chi connectivity index (χ2n) is 5.73. The molecule has 1 heterocycles. The molecule has 0 atom stereocenters.